The molecule has 0 aromatic heterocycles. The van der Waals surface area contributed by atoms with Crippen LogP contribution in [0.5, 0.6) is 0 Å². The molecule has 0 nitrogen and oxygen atoms in total. The number of hydrogen-bond acceptors (Lipinski definition) is 0. The number of rotatable bonds is 0. The second-order valence-corrected chi connectivity index (χ2v) is 9.41. The summed E-state index contributed by atoms with van der Waals surface area (Å²) in [4.78, 5) is 0. The molecule has 0 N–H and O–H groups in total. The first-order valence-corrected chi connectivity index (χ1v) is 8.36. The lowest BCUT2D eigenvalue weighted by Crippen LogP contribution is -3.01. The monoisotopic (exact) mass is 224 g/mol. The molecule has 8 saturated carbocycles. The molecule has 3 spiro atoms. The zero-order valence-corrected chi connectivity index (χ0v) is 10.4. The highest BCUT2D eigenvalue weighted by molar-refractivity contribution is 5.48. The molecule has 0 amide bonds. The fourth-order valence-electron chi connectivity index (χ4n) is 10.9. The first kappa shape index (κ1) is 7.56. The summed E-state index contributed by atoms with van der Waals surface area (Å²) in [6.07, 6.45) is 10.1. The van der Waals surface area contributed by atoms with Gasteiger partial charge in [0, 0.05) is 0 Å². The zero-order chi connectivity index (χ0) is 10.4. The minimum atomic E-state index is 1.01. The van der Waals surface area contributed by atoms with Crippen molar-refractivity contribution in [2.45, 2.75) is 38.5 Å². The molecule has 0 radical (unpaired) electrons. The molecule has 10 atom stereocenters. The summed E-state index contributed by atoms with van der Waals surface area (Å²) >= 11 is 0. The van der Waals surface area contributed by atoms with Crippen LogP contribution < -0.4 is 0 Å². The summed E-state index contributed by atoms with van der Waals surface area (Å²) < 4.78 is 0. The van der Waals surface area contributed by atoms with Gasteiger partial charge in [-0.25, -0.2) is 0 Å². The Hall–Kier alpha value is 0. The van der Waals surface area contributed by atoms with Crippen LogP contribution in [-0.4, -0.2) is 0 Å². The van der Waals surface area contributed by atoms with Crippen LogP contribution in [0.4, 0.5) is 0 Å². The van der Waals surface area contributed by atoms with E-state index < -0.39 is 0 Å². The molecular weight excluding hydrogens is 204 g/mol. The first-order valence-electron chi connectivity index (χ1n) is 8.36. The Balaban J connectivity index is 1.33. The van der Waals surface area contributed by atoms with Crippen LogP contribution >= 0.6 is 0 Å². The predicted molar refractivity (Wildman–Crippen MR) is 62.9 cm³/mol. The average Bonchev–Trinajstić information content (AvgIpc) is 2.08. The predicted octanol–water partition coefficient (Wildman–Crippen LogP) is 3.32. The van der Waals surface area contributed by atoms with Crippen molar-refractivity contribution >= 4 is 0 Å². The van der Waals surface area contributed by atoms with Gasteiger partial charge < -0.3 is 0 Å². The Morgan fingerprint density at radius 2 is 0.765 bits per heavy atom. The maximum absolute atomic E-state index is 1.70. The molecule has 0 heteroatoms. The van der Waals surface area contributed by atoms with Gasteiger partial charge >= 0.3 is 0 Å². The lowest BCUT2D eigenvalue weighted by Gasteiger charge is -3.05. The highest BCUT2D eigenvalue weighted by Crippen LogP contribution is 3.06. The van der Waals surface area contributed by atoms with Crippen molar-refractivity contribution in [1.82, 2.24) is 0 Å². The van der Waals surface area contributed by atoms with Crippen LogP contribution in [0.15, 0.2) is 0 Å². The fraction of sp³-hybridized carbons (Fsp3) is 1.00. The molecule has 8 unspecified atom stereocenters. The van der Waals surface area contributed by atoms with Crippen LogP contribution in [-0.2, 0) is 0 Å². The molecule has 8 fully saturated rings. The van der Waals surface area contributed by atoms with Crippen LogP contribution in [0, 0.1) is 63.6 Å². The van der Waals surface area contributed by atoms with Gasteiger partial charge in [0.25, 0.3) is 0 Å². The van der Waals surface area contributed by atoms with Gasteiger partial charge in [-0.15, -0.1) is 0 Å². The Morgan fingerprint density at radius 3 is 1.06 bits per heavy atom. The van der Waals surface area contributed by atoms with Crippen molar-refractivity contribution in [2.75, 3.05) is 0 Å². The Morgan fingerprint density at radius 1 is 0.412 bits per heavy atom. The van der Waals surface area contributed by atoms with E-state index in [9.17, 15) is 0 Å². The summed E-state index contributed by atoms with van der Waals surface area (Å²) in [6, 6.07) is 0. The van der Waals surface area contributed by atoms with Gasteiger partial charge in [0.2, 0.25) is 0 Å². The fourth-order valence-corrected chi connectivity index (χ4v) is 10.9. The van der Waals surface area contributed by atoms with Gasteiger partial charge in [-0.1, -0.05) is 0 Å². The summed E-state index contributed by atoms with van der Waals surface area (Å²) in [5.41, 5.74) is 3.10. The van der Waals surface area contributed by atoms with Crippen molar-refractivity contribution in [2.24, 2.45) is 63.6 Å². The summed E-state index contributed by atoms with van der Waals surface area (Å²) in [6.45, 7) is 0. The Kier molecular flexibility index (Phi) is 0.694. The van der Waals surface area contributed by atoms with Gasteiger partial charge in [-0.3, -0.25) is 0 Å². The second kappa shape index (κ2) is 1.56. The van der Waals surface area contributed by atoms with E-state index in [0.29, 0.717) is 0 Å². The largest absolute Gasteiger partial charge is 0.0464 e. The molecule has 88 valence electrons. The van der Waals surface area contributed by atoms with E-state index in [1.807, 2.05) is 0 Å². The zero-order valence-electron chi connectivity index (χ0n) is 10.4. The molecule has 0 aromatic carbocycles. The third-order valence-electron chi connectivity index (χ3n) is 10.9. The smallest absolute Gasteiger partial charge is 0.0162 e. The highest BCUT2D eigenvalue weighted by Gasteiger charge is 3.01. The third kappa shape index (κ3) is 0.340. The van der Waals surface area contributed by atoms with Crippen LogP contribution in [0.3, 0.4) is 0 Å². The van der Waals surface area contributed by atoms with Gasteiger partial charge in [0.15, 0.2) is 0 Å². The standard InChI is InChI=1S/C17H20/c1-7-3-11-15(7)8(1)4-12(15)17(11)13-5-9-2-10-6-14(17)16(9,10)13/h7-14H,1-6H2/t7?,8?,9?,10?,11-,12?,13-,14?,15?,16?,17?/m0/s1. The second-order valence-electron chi connectivity index (χ2n) is 9.41. The van der Waals surface area contributed by atoms with E-state index in [1.165, 1.54) is 47.3 Å². The van der Waals surface area contributed by atoms with Crippen molar-refractivity contribution in [3.8, 4) is 0 Å². The topological polar surface area (TPSA) is 0 Å². The third-order valence-corrected chi connectivity index (χ3v) is 10.9. The van der Waals surface area contributed by atoms with Crippen molar-refractivity contribution < 1.29 is 0 Å². The van der Waals surface area contributed by atoms with E-state index in [1.54, 1.807) is 38.5 Å². The minimum absolute atomic E-state index is 1.01. The van der Waals surface area contributed by atoms with Gasteiger partial charge in [0.05, 0.1) is 0 Å². The molecule has 8 rings (SSSR count). The molecule has 8 aliphatic carbocycles. The molecular formula is C17H20. The van der Waals surface area contributed by atoms with Crippen LogP contribution in [0.2, 0.25) is 0 Å². The minimum Gasteiger partial charge on any atom is -0.0464 e. The summed E-state index contributed by atoms with van der Waals surface area (Å²) in [5, 5.41) is 0. The first-order chi connectivity index (χ1) is 8.36. The van der Waals surface area contributed by atoms with Gasteiger partial charge in [-0.05, 0) is 102 Å². The van der Waals surface area contributed by atoms with E-state index in [0.717, 1.165) is 16.2 Å². The van der Waals surface area contributed by atoms with E-state index in [4.69, 9.17) is 0 Å². The Bertz CT molecular complexity index is 435. The van der Waals surface area contributed by atoms with Crippen molar-refractivity contribution in [3.63, 3.8) is 0 Å². The molecule has 17 heavy (non-hydrogen) atoms. The van der Waals surface area contributed by atoms with E-state index in [-0.39, 0.29) is 0 Å². The number of fused-ring (bicyclic) bond motifs is 4. The van der Waals surface area contributed by atoms with Crippen LogP contribution in [0.25, 0.3) is 0 Å². The van der Waals surface area contributed by atoms with E-state index >= 15 is 0 Å². The van der Waals surface area contributed by atoms with Crippen molar-refractivity contribution in [1.29, 1.82) is 0 Å². The molecule has 0 bridgehead atoms. The SMILES string of the molecule is C1C2CC3C24C1C[C@@H]4C31C2CC3CC4C[C@H]1C342. The maximum atomic E-state index is 1.70. The highest BCUT2D eigenvalue weighted by atomic mass is 15.0. The Labute approximate surface area is 103 Å². The van der Waals surface area contributed by atoms with Crippen molar-refractivity contribution in [3.05, 3.63) is 0 Å². The summed E-state index contributed by atoms with van der Waals surface area (Å²) in [5.74, 6) is 10.2. The average molecular weight is 224 g/mol. The number of hydrogen-bond donors (Lipinski definition) is 0. The van der Waals surface area contributed by atoms with Crippen LogP contribution in [0.1, 0.15) is 38.5 Å². The summed E-state index contributed by atoms with van der Waals surface area (Å²) in [7, 11) is 0. The molecule has 0 saturated heterocycles. The maximum Gasteiger partial charge on any atom is -0.0162 e. The van der Waals surface area contributed by atoms with Gasteiger partial charge in [-0.2, -0.15) is 0 Å². The quantitative estimate of drug-likeness (QED) is 0.592. The molecule has 8 aliphatic rings. The molecule has 0 aliphatic heterocycles. The lowest BCUT2D eigenvalue weighted by molar-refractivity contribution is -0.582. The van der Waals surface area contributed by atoms with E-state index in [2.05, 4.69) is 0 Å². The lowest BCUT2D eigenvalue weighted by atomic mass is 8.99. The molecule has 0 aromatic rings. The normalized spacial score (nSPS) is 93.2. The van der Waals surface area contributed by atoms with Gasteiger partial charge in [0.1, 0.15) is 0 Å². The molecule has 0 heterocycles.